The Bertz CT molecular complexity index is 350. The third-order valence-corrected chi connectivity index (χ3v) is 3.29. The third-order valence-electron chi connectivity index (χ3n) is 2.94. The SMILES string of the molecule is COC1CN(OC)C(Cl)CN1c1ccccc1. The number of anilines is 1. The molecule has 94 valence electrons. The van der Waals surface area contributed by atoms with Crippen LogP contribution in [-0.4, -0.2) is 44.1 Å². The summed E-state index contributed by atoms with van der Waals surface area (Å²) in [6, 6.07) is 10.1. The van der Waals surface area contributed by atoms with Crippen molar-refractivity contribution in [3.05, 3.63) is 30.3 Å². The van der Waals surface area contributed by atoms with Crippen molar-refractivity contribution in [2.75, 3.05) is 32.2 Å². The molecule has 0 N–H and O–H groups in total. The number of hydrogen-bond acceptors (Lipinski definition) is 4. The summed E-state index contributed by atoms with van der Waals surface area (Å²) in [5.41, 5.74) is 0.937. The average Bonchev–Trinajstić information content (AvgIpc) is 2.39. The van der Waals surface area contributed by atoms with Crippen LogP contribution in [0.25, 0.3) is 0 Å². The second kappa shape index (κ2) is 5.69. The van der Waals surface area contributed by atoms with Crippen LogP contribution in [0.5, 0.6) is 0 Å². The van der Waals surface area contributed by atoms with Crippen molar-refractivity contribution < 1.29 is 9.57 Å². The molecule has 0 aliphatic carbocycles. The second-order valence-electron chi connectivity index (χ2n) is 3.89. The molecule has 17 heavy (non-hydrogen) atoms. The van der Waals surface area contributed by atoms with Gasteiger partial charge in [-0.15, -0.1) is 11.6 Å². The molecule has 2 atom stereocenters. The minimum Gasteiger partial charge on any atom is -0.360 e. The first-order chi connectivity index (χ1) is 8.26. The number of rotatable bonds is 3. The van der Waals surface area contributed by atoms with Gasteiger partial charge in [0.25, 0.3) is 0 Å². The van der Waals surface area contributed by atoms with Gasteiger partial charge in [-0.3, -0.25) is 0 Å². The number of hydroxylamine groups is 2. The van der Waals surface area contributed by atoms with Crippen LogP contribution in [0.4, 0.5) is 5.69 Å². The van der Waals surface area contributed by atoms with Crippen molar-refractivity contribution in [2.24, 2.45) is 0 Å². The fourth-order valence-corrected chi connectivity index (χ4v) is 2.33. The number of para-hydroxylation sites is 1. The molecule has 2 rings (SSSR count). The molecular weight excluding hydrogens is 240 g/mol. The van der Waals surface area contributed by atoms with Gasteiger partial charge in [-0.2, -0.15) is 5.06 Å². The second-order valence-corrected chi connectivity index (χ2v) is 4.40. The van der Waals surface area contributed by atoms with E-state index in [0.29, 0.717) is 13.1 Å². The Morgan fingerprint density at radius 3 is 2.47 bits per heavy atom. The highest BCUT2D eigenvalue weighted by Crippen LogP contribution is 2.24. The first-order valence-electron chi connectivity index (χ1n) is 5.55. The van der Waals surface area contributed by atoms with Gasteiger partial charge >= 0.3 is 0 Å². The lowest BCUT2D eigenvalue weighted by atomic mass is 10.2. The van der Waals surface area contributed by atoms with E-state index in [9.17, 15) is 0 Å². The van der Waals surface area contributed by atoms with Gasteiger partial charge in [-0.1, -0.05) is 18.2 Å². The maximum atomic E-state index is 6.25. The zero-order valence-electron chi connectivity index (χ0n) is 10.0. The van der Waals surface area contributed by atoms with Crippen LogP contribution >= 0.6 is 11.6 Å². The van der Waals surface area contributed by atoms with Gasteiger partial charge in [0.1, 0.15) is 11.7 Å². The van der Waals surface area contributed by atoms with Crippen LogP contribution in [0.15, 0.2) is 30.3 Å². The summed E-state index contributed by atoms with van der Waals surface area (Å²) in [7, 11) is 3.32. The Kier molecular flexibility index (Phi) is 4.23. The summed E-state index contributed by atoms with van der Waals surface area (Å²) < 4.78 is 5.48. The topological polar surface area (TPSA) is 24.9 Å². The molecule has 0 saturated carbocycles. The number of nitrogens with zero attached hydrogens (tertiary/aromatic N) is 2. The number of piperazine rings is 1. The van der Waals surface area contributed by atoms with Crippen molar-refractivity contribution in [3.8, 4) is 0 Å². The summed E-state index contributed by atoms with van der Waals surface area (Å²) in [5.74, 6) is 0. The maximum Gasteiger partial charge on any atom is 0.145 e. The quantitative estimate of drug-likeness (QED) is 0.609. The van der Waals surface area contributed by atoms with Crippen molar-refractivity contribution in [1.29, 1.82) is 0 Å². The van der Waals surface area contributed by atoms with Gasteiger partial charge in [0, 0.05) is 12.8 Å². The van der Waals surface area contributed by atoms with Gasteiger partial charge in [0.2, 0.25) is 0 Å². The van der Waals surface area contributed by atoms with Gasteiger partial charge in [-0.25, -0.2) is 0 Å². The van der Waals surface area contributed by atoms with E-state index in [4.69, 9.17) is 21.2 Å². The van der Waals surface area contributed by atoms with Gasteiger partial charge in [0.05, 0.1) is 20.2 Å². The Hall–Kier alpha value is -0.810. The zero-order chi connectivity index (χ0) is 12.3. The Morgan fingerprint density at radius 1 is 1.18 bits per heavy atom. The Labute approximate surface area is 107 Å². The van der Waals surface area contributed by atoms with Crippen molar-refractivity contribution in [1.82, 2.24) is 5.06 Å². The van der Waals surface area contributed by atoms with E-state index in [0.717, 1.165) is 5.69 Å². The molecule has 1 aliphatic rings. The maximum absolute atomic E-state index is 6.25. The summed E-state index contributed by atoms with van der Waals surface area (Å²) in [4.78, 5) is 7.36. The molecule has 0 aromatic heterocycles. The molecule has 2 unspecified atom stereocenters. The minimum absolute atomic E-state index is 0.0488. The standard InChI is InChI=1S/C12H17ClN2O2/c1-16-12-9-15(17-2)11(13)8-14(12)10-6-4-3-5-7-10/h3-7,11-12H,8-9H2,1-2H3. The molecular formula is C12H17ClN2O2. The minimum atomic E-state index is -0.174. The molecule has 1 aromatic carbocycles. The normalized spacial score (nSPS) is 26.2. The Morgan fingerprint density at radius 2 is 1.88 bits per heavy atom. The molecule has 4 nitrogen and oxygen atoms in total. The fourth-order valence-electron chi connectivity index (χ4n) is 2.02. The Balaban J connectivity index is 2.17. The molecule has 5 heteroatoms. The molecule has 1 aliphatic heterocycles. The predicted octanol–water partition coefficient (Wildman–Crippen LogP) is 1.91. The van der Waals surface area contributed by atoms with Crippen LogP contribution in [-0.2, 0) is 9.57 Å². The van der Waals surface area contributed by atoms with E-state index in [1.54, 1.807) is 19.3 Å². The van der Waals surface area contributed by atoms with Gasteiger partial charge in [0.15, 0.2) is 0 Å². The van der Waals surface area contributed by atoms with Crippen molar-refractivity contribution in [3.63, 3.8) is 0 Å². The molecule has 0 amide bonds. The third kappa shape index (κ3) is 2.72. The first-order valence-corrected chi connectivity index (χ1v) is 5.99. The van der Waals surface area contributed by atoms with E-state index in [1.165, 1.54) is 0 Å². The summed E-state index contributed by atoms with van der Waals surface area (Å²) in [5, 5.41) is 1.73. The fraction of sp³-hybridized carbons (Fsp3) is 0.500. The molecule has 1 heterocycles. The van der Waals surface area contributed by atoms with Crippen molar-refractivity contribution in [2.45, 2.75) is 11.7 Å². The van der Waals surface area contributed by atoms with Gasteiger partial charge < -0.3 is 14.5 Å². The van der Waals surface area contributed by atoms with E-state index in [2.05, 4.69) is 17.0 Å². The highest BCUT2D eigenvalue weighted by Gasteiger charge is 2.33. The number of alkyl halides is 1. The molecule has 0 spiro atoms. The van der Waals surface area contributed by atoms with Crippen LogP contribution in [0, 0.1) is 0 Å². The van der Waals surface area contributed by atoms with E-state index >= 15 is 0 Å². The molecule has 1 saturated heterocycles. The zero-order valence-corrected chi connectivity index (χ0v) is 10.8. The van der Waals surface area contributed by atoms with Crippen LogP contribution < -0.4 is 4.90 Å². The lowest BCUT2D eigenvalue weighted by Gasteiger charge is -2.43. The number of benzene rings is 1. The summed E-state index contributed by atoms with van der Waals surface area (Å²) in [6.07, 6.45) is -0.0488. The molecule has 0 bridgehead atoms. The molecule has 1 fully saturated rings. The van der Waals surface area contributed by atoms with E-state index in [1.807, 2.05) is 18.2 Å². The smallest absolute Gasteiger partial charge is 0.145 e. The van der Waals surface area contributed by atoms with E-state index < -0.39 is 0 Å². The lowest BCUT2D eigenvalue weighted by Crippen LogP contribution is -2.57. The summed E-state index contributed by atoms with van der Waals surface area (Å²) >= 11 is 6.25. The number of halogens is 1. The highest BCUT2D eigenvalue weighted by molar-refractivity contribution is 6.20. The highest BCUT2D eigenvalue weighted by atomic mass is 35.5. The lowest BCUT2D eigenvalue weighted by molar-refractivity contribution is -0.173. The van der Waals surface area contributed by atoms with E-state index in [-0.39, 0.29) is 11.7 Å². The number of hydrogen-bond donors (Lipinski definition) is 0. The van der Waals surface area contributed by atoms with Crippen LogP contribution in [0.2, 0.25) is 0 Å². The molecule has 0 radical (unpaired) electrons. The van der Waals surface area contributed by atoms with Crippen LogP contribution in [0.3, 0.4) is 0 Å². The average molecular weight is 257 g/mol. The van der Waals surface area contributed by atoms with Gasteiger partial charge in [-0.05, 0) is 12.1 Å². The van der Waals surface area contributed by atoms with Crippen molar-refractivity contribution >= 4 is 17.3 Å². The monoisotopic (exact) mass is 256 g/mol. The van der Waals surface area contributed by atoms with Crippen LogP contribution in [0.1, 0.15) is 0 Å². The number of methoxy groups -OCH3 is 1. The number of ether oxygens (including phenoxy) is 1. The predicted molar refractivity (Wildman–Crippen MR) is 67.9 cm³/mol. The first kappa shape index (κ1) is 12.6. The molecule has 1 aromatic rings. The summed E-state index contributed by atoms with van der Waals surface area (Å²) in [6.45, 7) is 1.29. The largest absolute Gasteiger partial charge is 0.360 e.